The van der Waals surface area contributed by atoms with Gasteiger partial charge in [-0.05, 0) is 25.0 Å². The minimum Gasteiger partial charge on any atom is -0.355 e. The molecule has 1 saturated carbocycles. The molecule has 0 aliphatic heterocycles. The maximum absolute atomic E-state index is 12.5. The molecular formula is C22H18N6O3. The Morgan fingerprint density at radius 3 is 2.32 bits per heavy atom. The second-order valence-electron chi connectivity index (χ2n) is 7.17. The minimum absolute atomic E-state index is 0.0174. The van der Waals surface area contributed by atoms with Crippen LogP contribution in [-0.4, -0.2) is 31.7 Å². The lowest BCUT2D eigenvalue weighted by Crippen LogP contribution is -2.42. The molecule has 2 amide bonds. The first-order chi connectivity index (χ1) is 15.2. The molecule has 5 rings (SSSR count). The summed E-state index contributed by atoms with van der Waals surface area (Å²) in [6.07, 6.45) is 2.03. The average Bonchev–Trinajstić information content (AvgIpc) is 3.36. The number of carbonyl (C=O) groups is 2. The minimum atomic E-state index is -0.614. The number of nitrogens with zero attached hydrogens (tertiary/aromatic N) is 4. The summed E-state index contributed by atoms with van der Waals surface area (Å²) in [5, 5.41) is 8.10. The van der Waals surface area contributed by atoms with Crippen molar-refractivity contribution >= 4 is 11.8 Å². The van der Waals surface area contributed by atoms with E-state index in [1.165, 1.54) is 6.07 Å². The molecule has 0 atom stereocenters. The molecule has 0 unspecified atom stereocenters. The number of amides is 2. The van der Waals surface area contributed by atoms with Gasteiger partial charge in [0.25, 0.3) is 5.91 Å². The lowest BCUT2D eigenvalue weighted by molar-refractivity contribution is 0.0836. The van der Waals surface area contributed by atoms with Gasteiger partial charge in [-0.1, -0.05) is 53.7 Å². The van der Waals surface area contributed by atoms with Crippen molar-refractivity contribution < 1.29 is 14.1 Å². The van der Waals surface area contributed by atoms with Crippen LogP contribution in [0.5, 0.6) is 0 Å². The van der Waals surface area contributed by atoms with E-state index in [0.717, 1.165) is 29.9 Å². The van der Waals surface area contributed by atoms with Gasteiger partial charge in [-0.3, -0.25) is 20.4 Å². The molecule has 31 heavy (non-hydrogen) atoms. The van der Waals surface area contributed by atoms with Crippen LogP contribution < -0.4 is 10.9 Å². The Hall–Kier alpha value is -4.27. The van der Waals surface area contributed by atoms with Gasteiger partial charge in [-0.15, -0.1) is 5.10 Å². The number of aromatic nitrogens is 4. The summed E-state index contributed by atoms with van der Waals surface area (Å²) >= 11 is 0. The van der Waals surface area contributed by atoms with Gasteiger partial charge < -0.3 is 4.52 Å². The average molecular weight is 414 g/mol. The largest absolute Gasteiger partial charge is 0.355 e. The van der Waals surface area contributed by atoms with Gasteiger partial charge in [0, 0.05) is 17.5 Å². The molecule has 1 aliphatic carbocycles. The second kappa shape index (κ2) is 7.86. The number of hydrogen-bond acceptors (Lipinski definition) is 6. The number of hydrazine groups is 1. The molecule has 4 aromatic rings. The van der Waals surface area contributed by atoms with Crippen LogP contribution in [0.15, 0.2) is 71.3 Å². The highest BCUT2D eigenvalue weighted by Crippen LogP contribution is 2.39. The fourth-order valence-electron chi connectivity index (χ4n) is 3.14. The molecule has 9 heteroatoms. The van der Waals surface area contributed by atoms with Crippen molar-refractivity contribution in [3.63, 3.8) is 0 Å². The lowest BCUT2D eigenvalue weighted by atomic mass is 10.1. The summed E-state index contributed by atoms with van der Waals surface area (Å²) < 4.78 is 6.89. The molecule has 2 N–H and O–H groups in total. The van der Waals surface area contributed by atoms with E-state index in [-0.39, 0.29) is 17.4 Å². The normalized spacial score (nSPS) is 13.0. The van der Waals surface area contributed by atoms with E-state index >= 15 is 0 Å². The summed E-state index contributed by atoms with van der Waals surface area (Å²) in [7, 11) is 0. The first-order valence-electron chi connectivity index (χ1n) is 9.84. The highest BCUT2D eigenvalue weighted by molar-refractivity contribution is 5.96. The van der Waals surface area contributed by atoms with Gasteiger partial charge >= 0.3 is 5.91 Å². The first kappa shape index (κ1) is 18.7. The standard InChI is InChI=1S/C22H18N6O3/c29-21(17-13-18(31-27-17)14-7-3-1-4-8-14)24-25-22(30)19-23-20(15-11-12-15)28(26-19)16-9-5-2-6-10-16/h1-10,13,15H,11-12H2,(H,24,29)(H,25,30). The monoisotopic (exact) mass is 414 g/mol. The predicted molar refractivity (Wildman–Crippen MR) is 110 cm³/mol. The van der Waals surface area contributed by atoms with Crippen molar-refractivity contribution in [3.8, 4) is 17.0 Å². The van der Waals surface area contributed by atoms with E-state index < -0.39 is 11.8 Å². The third-order valence-corrected chi connectivity index (χ3v) is 4.87. The van der Waals surface area contributed by atoms with Crippen LogP contribution in [0.25, 0.3) is 17.0 Å². The van der Waals surface area contributed by atoms with Crippen LogP contribution in [0.1, 0.15) is 45.7 Å². The number of hydrogen-bond donors (Lipinski definition) is 2. The lowest BCUT2D eigenvalue weighted by Gasteiger charge is -2.04. The second-order valence-corrected chi connectivity index (χ2v) is 7.17. The summed E-state index contributed by atoms with van der Waals surface area (Å²) in [6.45, 7) is 0. The molecule has 2 heterocycles. The van der Waals surface area contributed by atoms with Crippen LogP contribution in [0.3, 0.4) is 0 Å². The summed E-state index contributed by atoms with van der Waals surface area (Å²) in [5.41, 5.74) is 6.33. The van der Waals surface area contributed by atoms with E-state index in [2.05, 4.69) is 26.1 Å². The van der Waals surface area contributed by atoms with Crippen molar-refractivity contribution in [2.24, 2.45) is 0 Å². The molecule has 0 radical (unpaired) electrons. The molecule has 1 aliphatic rings. The number of carbonyl (C=O) groups excluding carboxylic acids is 2. The zero-order chi connectivity index (χ0) is 21.2. The topological polar surface area (TPSA) is 115 Å². The van der Waals surface area contributed by atoms with Crippen molar-refractivity contribution in [3.05, 3.63) is 84.1 Å². The Morgan fingerprint density at radius 2 is 1.61 bits per heavy atom. The van der Waals surface area contributed by atoms with Crippen molar-refractivity contribution in [2.75, 3.05) is 0 Å². The molecule has 1 fully saturated rings. The quantitative estimate of drug-likeness (QED) is 0.485. The van der Waals surface area contributed by atoms with Gasteiger partial charge in [0.15, 0.2) is 11.5 Å². The van der Waals surface area contributed by atoms with Gasteiger partial charge in [0.2, 0.25) is 5.82 Å². The maximum Gasteiger partial charge on any atom is 0.309 e. The third kappa shape index (κ3) is 3.93. The molecule has 2 aromatic heterocycles. The maximum atomic E-state index is 12.5. The number of para-hydroxylation sites is 1. The fraction of sp³-hybridized carbons (Fsp3) is 0.136. The van der Waals surface area contributed by atoms with Gasteiger partial charge in [0.1, 0.15) is 5.82 Å². The van der Waals surface area contributed by atoms with Gasteiger partial charge in [0.05, 0.1) is 5.69 Å². The zero-order valence-corrected chi connectivity index (χ0v) is 16.4. The Morgan fingerprint density at radius 1 is 0.935 bits per heavy atom. The Kier molecular flexibility index (Phi) is 4.75. The summed E-state index contributed by atoms with van der Waals surface area (Å²) in [5.74, 6) is 0.244. The number of rotatable bonds is 5. The van der Waals surface area contributed by atoms with Crippen LogP contribution in [-0.2, 0) is 0 Å². The highest BCUT2D eigenvalue weighted by atomic mass is 16.5. The molecule has 0 saturated heterocycles. The Bertz CT molecular complexity index is 1230. The van der Waals surface area contributed by atoms with Crippen LogP contribution >= 0.6 is 0 Å². The first-order valence-corrected chi connectivity index (χ1v) is 9.84. The summed E-state index contributed by atoms with van der Waals surface area (Å²) in [4.78, 5) is 29.3. The highest BCUT2D eigenvalue weighted by Gasteiger charge is 2.31. The number of nitrogens with one attached hydrogen (secondary N) is 2. The fourth-order valence-corrected chi connectivity index (χ4v) is 3.14. The zero-order valence-electron chi connectivity index (χ0n) is 16.4. The summed E-state index contributed by atoms with van der Waals surface area (Å²) in [6, 6.07) is 20.3. The molecule has 0 bridgehead atoms. The van der Waals surface area contributed by atoms with Crippen molar-refractivity contribution in [1.82, 2.24) is 30.8 Å². The Balaban J connectivity index is 1.28. The van der Waals surface area contributed by atoms with Gasteiger partial charge in [-0.25, -0.2) is 9.67 Å². The molecular weight excluding hydrogens is 396 g/mol. The van der Waals surface area contributed by atoms with Crippen molar-refractivity contribution in [2.45, 2.75) is 18.8 Å². The van der Waals surface area contributed by atoms with Crippen LogP contribution in [0.4, 0.5) is 0 Å². The molecule has 9 nitrogen and oxygen atoms in total. The molecule has 0 spiro atoms. The van der Waals surface area contributed by atoms with E-state index in [4.69, 9.17) is 4.52 Å². The number of benzene rings is 2. The molecule has 154 valence electrons. The van der Waals surface area contributed by atoms with E-state index in [9.17, 15) is 9.59 Å². The van der Waals surface area contributed by atoms with Crippen molar-refractivity contribution in [1.29, 1.82) is 0 Å². The van der Waals surface area contributed by atoms with Crippen LogP contribution in [0.2, 0.25) is 0 Å². The van der Waals surface area contributed by atoms with E-state index in [1.807, 2.05) is 60.7 Å². The predicted octanol–water partition coefficient (Wildman–Crippen LogP) is 2.87. The third-order valence-electron chi connectivity index (χ3n) is 4.87. The van der Waals surface area contributed by atoms with E-state index in [0.29, 0.717) is 5.76 Å². The van der Waals surface area contributed by atoms with Gasteiger partial charge in [-0.2, -0.15) is 0 Å². The van der Waals surface area contributed by atoms with E-state index in [1.54, 1.807) is 4.68 Å². The van der Waals surface area contributed by atoms with Crippen LogP contribution in [0, 0.1) is 0 Å². The smallest absolute Gasteiger partial charge is 0.309 e. The molecule has 2 aromatic carbocycles. The Labute approximate surface area is 177 Å². The SMILES string of the molecule is O=C(NNC(=O)c1nc(C2CC2)n(-c2ccccc2)n1)c1cc(-c2ccccc2)on1.